The Morgan fingerprint density at radius 2 is 1.10 bits per heavy atom. The summed E-state index contributed by atoms with van der Waals surface area (Å²) in [6.07, 6.45) is -0.391. The molecule has 0 aliphatic carbocycles. The van der Waals surface area contributed by atoms with E-state index in [0.717, 1.165) is 0 Å². The van der Waals surface area contributed by atoms with Crippen LogP contribution in [0.5, 0.6) is 5.75 Å². The standard InChI is InChI=1S/C34H36B2N4O10/c1-39(2)16-17-40(3)34(45)50-29-14-8-23(9-15-29)18-26(21-48-32(43)37-27-10-4-24(5-11-27)19-46-30(35)41)22-49-33(44)38-28-12-6-25(7-13-28)20-47-31(36)42/h4-15,18H,16-17,19-22H2,1-3H3,(H,37,43)(H,38,44). The number of ether oxygens (including phenoxy) is 5. The molecule has 3 amide bonds. The summed E-state index contributed by atoms with van der Waals surface area (Å²) >= 11 is 0. The first-order valence-electron chi connectivity index (χ1n) is 15.1. The highest BCUT2D eigenvalue weighted by atomic mass is 16.6. The number of rotatable bonds is 15. The number of hydrogen-bond acceptors (Lipinski definition) is 11. The molecule has 14 nitrogen and oxygen atoms in total. The number of hydrogen-bond donors (Lipinski definition) is 2. The van der Waals surface area contributed by atoms with Crippen LogP contribution in [0.25, 0.3) is 6.08 Å². The molecule has 0 aliphatic rings. The molecular formula is C34H36B2N4O10. The van der Waals surface area contributed by atoms with Crippen molar-refractivity contribution in [1.82, 2.24) is 9.80 Å². The maximum Gasteiger partial charge on any atom is 0.415 e. The molecule has 0 heterocycles. The van der Waals surface area contributed by atoms with E-state index >= 15 is 0 Å². The van der Waals surface area contributed by atoms with E-state index < -0.39 is 30.0 Å². The van der Waals surface area contributed by atoms with Crippen molar-refractivity contribution < 1.29 is 47.7 Å². The second-order valence-corrected chi connectivity index (χ2v) is 11.0. The lowest BCUT2D eigenvalue weighted by Gasteiger charge is -2.19. The summed E-state index contributed by atoms with van der Waals surface area (Å²) in [6, 6.07) is 19.5. The Labute approximate surface area is 292 Å². The van der Waals surface area contributed by atoms with Crippen LogP contribution in [0.1, 0.15) is 16.7 Å². The fourth-order valence-corrected chi connectivity index (χ4v) is 3.91. The van der Waals surface area contributed by atoms with Crippen molar-refractivity contribution in [2.75, 3.05) is 58.1 Å². The highest BCUT2D eigenvalue weighted by Crippen LogP contribution is 2.17. The van der Waals surface area contributed by atoms with E-state index in [1.165, 1.54) is 4.90 Å². The third kappa shape index (κ3) is 15.0. The van der Waals surface area contributed by atoms with E-state index in [-0.39, 0.29) is 26.4 Å². The molecular weight excluding hydrogens is 646 g/mol. The predicted octanol–water partition coefficient (Wildman–Crippen LogP) is 5.17. The summed E-state index contributed by atoms with van der Waals surface area (Å²) < 4.78 is 25.7. The minimum absolute atomic E-state index is 0.0176. The largest absolute Gasteiger partial charge is 0.470 e. The molecule has 0 atom stereocenters. The molecule has 3 aromatic carbocycles. The minimum atomic E-state index is -0.901. The van der Waals surface area contributed by atoms with Gasteiger partial charge in [0.2, 0.25) is 27.4 Å². The second-order valence-electron chi connectivity index (χ2n) is 11.0. The van der Waals surface area contributed by atoms with Crippen molar-refractivity contribution in [1.29, 1.82) is 0 Å². The zero-order valence-electron chi connectivity index (χ0n) is 27.9. The van der Waals surface area contributed by atoms with Gasteiger partial charge in [-0.2, -0.15) is 0 Å². The number of anilines is 2. The molecule has 0 spiro atoms. The van der Waals surface area contributed by atoms with Crippen LogP contribution in [0, 0.1) is 0 Å². The van der Waals surface area contributed by atoms with Crippen molar-refractivity contribution in [3.63, 3.8) is 0 Å². The second kappa shape index (κ2) is 19.9. The fourth-order valence-electron chi connectivity index (χ4n) is 3.91. The molecule has 0 saturated heterocycles. The van der Waals surface area contributed by atoms with Gasteiger partial charge in [-0.05, 0) is 73.3 Å². The Morgan fingerprint density at radius 1 is 0.640 bits per heavy atom. The van der Waals surface area contributed by atoms with Gasteiger partial charge in [0.25, 0.3) is 0 Å². The third-order valence-corrected chi connectivity index (χ3v) is 6.59. The molecule has 50 heavy (non-hydrogen) atoms. The summed E-state index contributed by atoms with van der Waals surface area (Å²) in [5.74, 6) is -1.47. The maximum atomic E-state index is 12.6. The van der Waals surface area contributed by atoms with Gasteiger partial charge in [-0.25, -0.2) is 14.4 Å². The van der Waals surface area contributed by atoms with Crippen LogP contribution in [-0.2, 0) is 32.2 Å². The van der Waals surface area contributed by atoms with Crippen LogP contribution in [0.15, 0.2) is 78.4 Å². The van der Waals surface area contributed by atoms with E-state index in [2.05, 4.69) is 10.6 Å². The minimum Gasteiger partial charge on any atom is -0.470 e. The van der Waals surface area contributed by atoms with Crippen LogP contribution in [-0.4, -0.2) is 103 Å². The van der Waals surface area contributed by atoms with Gasteiger partial charge in [0, 0.05) is 37.1 Å². The number of amides is 3. The molecule has 2 N–H and O–H groups in total. The van der Waals surface area contributed by atoms with Gasteiger partial charge in [-0.1, -0.05) is 36.4 Å². The third-order valence-electron chi connectivity index (χ3n) is 6.59. The monoisotopic (exact) mass is 682 g/mol. The van der Waals surface area contributed by atoms with Crippen molar-refractivity contribution >= 4 is 63.2 Å². The number of nitrogens with one attached hydrogen (secondary N) is 2. The first-order valence-corrected chi connectivity index (χ1v) is 15.1. The van der Waals surface area contributed by atoms with E-state index in [9.17, 15) is 24.0 Å². The van der Waals surface area contributed by atoms with E-state index in [4.69, 9.17) is 39.4 Å². The Bertz CT molecular complexity index is 1550. The first kappa shape index (κ1) is 38.7. The highest BCUT2D eigenvalue weighted by molar-refractivity contribution is 6.55. The molecule has 4 radical (unpaired) electrons. The van der Waals surface area contributed by atoms with Crippen molar-refractivity contribution in [2.24, 2.45) is 0 Å². The van der Waals surface area contributed by atoms with E-state index in [1.807, 2.05) is 19.0 Å². The topological polar surface area (TPSA) is 162 Å². The van der Waals surface area contributed by atoms with Crippen molar-refractivity contribution in [3.8, 4) is 5.75 Å². The quantitative estimate of drug-likeness (QED) is 0.161. The molecule has 3 aromatic rings. The van der Waals surface area contributed by atoms with Crippen LogP contribution in [0.3, 0.4) is 0 Å². The van der Waals surface area contributed by atoms with E-state index in [1.54, 1.807) is 85.9 Å². The number of carbonyl (C=O) groups excluding carboxylic acids is 5. The average molecular weight is 682 g/mol. The smallest absolute Gasteiger partial charge is 0.415 e. The molecule has 0 bridgehead atoms. The normalized spacial score (nSPS) is 10.3. The number of likely N-dealkylation sites (N-methyl/N-ethyl adjacent to an activating group) is 2. The zero-order valence-corrected chi connectivity index (χ0v) is 27.9. The molecule has 0 aliphatic heterocycles. The van der Waals surface area contributed by atoms with Crippen LogP contribution in [0.4, 0.5) is 35.3 Å². The number of benzene rings is 3. The van der Waals surface area contributed by atoms with Crippen molar-refractivity contribution in [3.05, 3.63) is 95.1 Å². The molecule has 0 unspecified atom stereocenters. The molecule has 16 heteroatoms. The van der Waals surface area contributed by atoms with Gasteiger partial charge in [0.1, 0.15) is 32.2 Å². The Kier molecular flexibility index (Phi) is 15.4. The molecule has 3 rings (SSSR count). The lowest BCUT2D eigenvalue weighted by Crippen LogP contribution is -2.35. The first-order chi connectivity index (χ1) is 23.9. The fraction of sp³-hybridized carbons (Fsp3) is 0.265. The predicted molar refractivity (Wildman–Crippen MR) is 186 cm³/mol. The molecule has 0 fully saturated rings. The van der Waals surface area contributed by atoms with Gasteiger partial charge >= 0.3 is 18.3 Å². The lowest BCUT2D eigenvalue weighted by molar-refractivity contribution is 0.155. The number of carbonyl (C=O) groups is 5. The zero-order chi connectivity index (χ0) is 36.5. The molecule has 0 aromatic heterocycles. The van der Waals surface area contributed by atoms with E-state index in [0.29, 0.717) is 52.5 Å². The maximum absolute atomic E-state index is 12.6. The highest BCUT2D eigenvalue weighted by Gasteiger charge is 2.13. The number of nitrogens with zero attached hydrogens (tertiary/aromatic N) is 2. The summed E-state index contributed by atoms with van der Waals surface area (Å²) in [4.78, 5) is 62.6. The van der Waals surface area contributed by atoms with Gasteiger partial charge in [0.15, 0.2) is 0 Å². The summed E-state index contributed by atoms with van der Waals surface area (Å²) in [5, 5.41) is 5.18. The summed E-state index contributed by atoms with van der Waals surface area (Å²) in [6.45, 7) is 0.647. The SMILES string of the molecule is [B]C(=O)OCc1ccc(NC(=O)OCC(=Cc2ccc(OC(=O)N(C)CCN(C)C)cc2)COC(=O)Nc2ccc(COC([B])=O)cc2)cc1. The Balaban J connectivity index is 1.64. The van der Waals surface area contributed by atoms with Crippen LogP contribution < -0.4 is 15.4 Å². The lowest BCUT2D eigenvalue weighted by atomic mass is 10.1. The molecule has 258 valence electrons. The Hall–Kier alpha value is -5.76. The van der Waals surface area contributed by atoms with Crippen LogP contribution in [0.2, 0.25) is 0 Å². The summed E-state index contributed by atoms with van der Waals surface area (Å²) in [7, 11) is 15.4. The average Bonchev–Trinajstić information content (AvgIpc) is 3.08. The Morgan fingerprint density at radius 3 is 1.52 bits per heavy atom. The molecule has 0 saturated carbocycles. The van der Waals surface area contributed by atoms with Crippen molar-refractivity contribution in [2.45, 2.75) is 13.2 Å². The van der Waals surface area contributed by atoms with Gasteiger partial charge in [-0.15, -0.1) is 0 Å². The van der Waals surface area contributed by atoms with Gasteiger partial charge < -0.3 is 33.5 Å². The van der Waals surface area contributed by atoms with Gasteiger partial charge in [0.05, 0.1) is 0 Å². The van der Waals surface area contributed by atoms with Gasteiger partial charge in [-0.3, -0.25) is 20.2 Å². The summed E-state index contributed by atoms with van der Waals surface area (Å²) in [5.41, 5.74) is 3.23. The van der Waals surface area contributed by atoms with Crippen LogP contribution >= 0.6 is 0 Å².